The van der Waals surface area contributed by atoms with Crippen molar-refractivity contribution in [2.45, 2.75) is 31.7 Å². The first-order valence-electron chi connectivity index (χ1n) is 6.56. The maximum absolute atomic E-state index is 13.7. The van der Waals surface area contributed by atoms with Gasteiger partial charge in [-0.2, -0.15) is 0 Å². The van der Waals surface area contributed by atoms with Crippen LogP contribution in [0.4, 0.5) is 4.39 Å². The fraction of sp³-hybridized carbons (Fsp3) is 0.500. The minimum atomic E-state index is -0.429. The van der Waals surface area contributed by atoms with Crippen LogP contribution in [0, 0.1) is 5.82 Å². The van der Waals surface area contributed by atoms with Gasteiger partial charge in [-0.15, -0.1) is 0 Å². The maximum atomic E-state index is 13.7. The molecule has 1 aliphatic rings. The second-order valence-electron chi connectivity index (χ2n) is 4.85. The summed E-state index contributed by atoms with van der Waals surface area (Å²) in [7, 11) is 0. The van der Waals surface area contributed by atoms with Gasteiger partial charge < -0.3 is 10.6 Å². The highest BCUT2D eigenvalue weighted by molar-refractivity contribution is 6.31. The van der Waals surface area contributed by atoms with E-state index >= 15 is 0 Å². The fourth-order valence-electron chi connectivity index (χ4n) is 2.53. The van der Waals surface area contributed by atoms with E-state index in [2.05, 4.69) is 0 Å². The Labute approximate surface area is 117 Å². The van der Waals surface area contributed by atoms with Crippen molar-refractivity contribution in [3.8, 4) is 0 Å². The number of hydrogen-bond donors (Lipinski definition) is 1. The standard InChI is InChI=1S/C14H18ClFN2O/c15-12-5-3-6-13(16)11(12)8-14(19)18-7-2-1-4-10(18)9-17/h3,5-6,10H,1-2,4,7-9,17H2/t10-/m0/s1. The lowest BCUT2D eigenvalue weighted by atomic mass is 10.0. The molecular formula is C14H18ClFN2O. The molecule has 0 aliphatic carbocycles. The van der Waals surface area contributed by atoms with Crippen molar-refractivity contribution in [1.29, 1.82) is 0 Å². The molecule has 0 unspecified atom stereocenters. The number of nitrogens with zero attached hydrogens (tertiary/aromatic N) is 1. The van der Waals surface area contributed by atoms with Crippen LogP contribution in [-0.4, -0.2) is 29.9 Å². The van der Waals surface area contributed by atoms with E-state index in [1.165, 1.54) is 12.1 Å². The second-order valence-corrected chi connectivity index (χ2v) is 5.26. The molecule has 0 saturated carbocycles. The van der Waals surface area contributed by atoms with Crippen LogP contribution in [0.2, 0.25) is 5.02 Å². The monoisotopic (exact) mass is 284 g/mol. The van der Waals surface area contributed by atoms with Crippen molar-refractivity contribution in [1.82, 2.24) is 4.90 Å². The molecule has 1 heterocycles. The van der Waals surface area contributed by atoms with Gasteiger partial charge >= 0.3 is 0 Å². The lowest BCUT2D eigenvalue weighted by Gasteiger charge is -2.35. The lowest BCUT2D eigenvalue weighted by Crippen LogP contribution is -2.48. The van der Waals surface area contributed by atoms with E-state index in [-0.39, 0.29) is 23.9 Å². The van der Waals surface area contributed by atoms with Crippen molar-refractivity contribution in [3.05, 3.63) is 34.6 Å². The Hall–Kier alpha value is -1.13. The average molecular weight is 285 g/mol. The van der Waals surface area contributed by atoms with E-state index in [1.807, 2.05) is 0 Å². The Morgan fingerprint density at radius 2 is 2.26 bits per heavy atom. The molecule has 19 heavy (non-hydrogen) atoms. The molecule has 2 rings (SSSR count). The number of carbonyl (C=O) groups is 1. The maximum Gasteiger partial charge on any atom is 0.227 e. The normalized spacial score (nSPS) is 19.5. The SMILES string of the molecule is NC[C@@H]1CCCCN1C(=O)Cc1c(F)cccc1Cl. The third-order valence-electron chi connectivity index (χ3n) is 3.61. The molecule has 0 bridgehead atoms. The summed E-state index contributed by atoms with van der Waals surface area (Å²) >= 11 is 5.95. The Balaban J connectivity index is 2.12. The molecule has 2 N–H and O–H groups in total. The number of hydrogen-bond acceptors (Lipinski definition) is 2. The number of piperidine rings is 1. The van der Waals surface area contributed by atoms with Gasteiger partial charge in [-0.3, -0.25) is 4.79 Å². The van der Waals surface area contributed by atoms with Gasteiger partial charge in [-0.05, 0) is 31.4 Å². The van der Waals surface area contributed by atoms with Gasteiger partial charge in [0.2, 0.25) is 5.91 Å². The first-order chi connectivity index (χ1) is 9.13. The molecule has 1 fully saturated rings. The second kappa shape index (κ2) is 6.35. The zero-order chi connectivity index (χ0) is 13.8. The van der Waals surface area contributed by atoms with Crippen molar-refractivity contribution in [2.24, 2.45) is 5.73 Å². The summed E-state index contributed by atoms with van der Waals surface area (Å²) < 4.78 is 13.7. The molecule has 3 nitrogen and oxygen atoms in total. The smallest absolute Gasteiger partial charge is 0.227 e. The molecule has 1 saturated heterocycles. The molecule has 5 heteroatoms. The number of rotatable bonds is 3. The number of likely N-dealkylation sites (tertiary alicyclic amines) is 1. The van der Waals surface area contributed by atoms with Gasteiger partial charge in [0, 0.05) is 29.7 Å². The molecule has 0 aromatic heterocycles. The van der Waals surface area contributed by atoms with Crippen molar-refractivity contribution < 1.29 is 9.18 Å². The van der Waals surface area contributed by atoms with Crippen molar-refractivity contribution in [2.75, 3.05) is 13.1 Å². The Bertz CT molecular complexity index is 447. The predicted molar refractivity (Wildman–Crippen MR) is 73.5 cm³/mol. The predicted octanol–water partition coefficient (Wildman–Crippen LogP) is 2.36. The molecule has 1 aliphatic heterocycles. The topological polar surface area (TPSA) is 46.3 Å². The molecular weight excluding hydrogens is 267 g/mol. The molecule has 1 atom stereocenters. The molecule has 0 radical (unpaired) electrons. The number of amides is 1. The first kappa shape index (κ1) is 14.3. The van der Waals surface area contributed by atoms with Gasteiger partial charge in [0.25, 0.3) is 0 Å². The summed E-state index contributed by atoms with van der Waals surface area (Å²) in [6, 6.07) is 4.54. The number of nitrogens with two attached hydrogens (primary N) is 1. The minimum Gasteiger partial charge on any atom is -0.338 e. The van der Waals surface area contributed by atoms with Crippen LogP contribution in [0.1, 0.15) is 24.8 Å². The van der Waals surface area contributed by atoms with Crippen molar-refractivity contribution in [3.63, 3.8) is 0 Å². The van der Waals surface area contributed by atoms with Gasteiger partial charge in [-0.1, -0.05) is 17.7 Å². The van der Waals surface area contributed by atoms with Gasteiger partial charge in [-0.25, -0.2) is 4.39 Å². The largest absolute Gasteiger partial charge is 0.338 e. The van der Waals surface area contributed by atoms with E-state index < -0.39 is 5.82 Å². The summed E-state index contributed by atoms with van der Waals surface area (Å²) in [5, 5.41) is 0.301. The van der Waals surface area contributed by atoms with E-state index in [4.69, 9.17) is 17.3 Å². The first-order valence-corrected chi connectivity index (χ1v) is 6.93. The number of halogens is 2. The van der Waals surface area contributed by atoms with E-state index in [9.17, 15) is 9.18 Å². The zero-order valence-electron chi connectivity index (χ0n) is 10.7. The highest BCUT2D eigenvalue weighted by Crippen LogP contribution is 2.22. The van der Waals surface area contributed by atoms with Crippen LogP contribution in [-0.2, 0) is 11.2 Å². The summed E-state index contributed by atoms with van der Waals surface area (Å²) in [4.78, 5) is 14.1. The number of carbonyl (C=O) groups excluding carboxylic acids is 1. The highest BCUT2D eigenvalue weighted by Gasteiger charge is 2.26. The molecule has 1 aromatic carbocycles. The third-order valence-corrected chi connectivity index (χ3v) is 3.96. The summed E-state index contributed by atoms with van der Waals surface area (Å²) in [6.45, 7) is 1.16. The average Bonchev–Trinajstić information content (AvgIpc) is 2.42. The summed E-state index contributed by atoms with van der Waals surface area (Å²) in [5.74, 6) is -0.524. The van der Waals surface area contributed by atoms with Crippen molar-refractivity contribution >= 4 is 17.5 Å². The van der Waals surface area contributed by atoms with E-state index in [0.29, 0.717) is 18.1 Å². The molecule has 104 valence electrons. The van der Waals surface area contributed by atoms with Gasteiger partial charge in [0.1, 0.15) is 5.82 Å². The lowest BCUT2D eigenvalue weighted by molar-refractivity contribution is -0.133. The summed E-state index contributed by atoms with van der Waals surface area (Å²) in [5.41, 5.74) is 5.96. The highest BCUT2D eigenvalue weighted by atomic mass is 35.5. The Kier molecular flexibility index (Phi) is 4.77. The number of benzene rings is 1. The zero-order valence-corrected chi connectivity index (χ0v) is 11.5. The van der Waals surface area contributed by atoms with Crippen LogP contribution in [0.25, 0.3) is 0 Å². The van der Waals surface area contributed by atoms with Crippen LogP contribution >= 0.6 is 11.6 Å². The van der Waals surface area contributed by atoms with Gasteiger partial charge in [0.15, 0.2) is 0 Å². The van der Waals surface area contributed by atoms with Crippen LogP contribution < -0.4 is 5.73 Å². The van der Waals surface area contributed by atoms with Gasteiger partial charge in [0.05, 0.1) is 6.42 Å². The Morgan fingerprint density at radius 3 is 2.95 bits per heavy atom. The summed E-state index contributed by atoms with van der Waals surface area (Å²) in [6.07, 6.45) is 2.99. The van der Waals surface area contributed by atoms with Crippen LogP contribution in [0.5, 0.6) is 0 Å². The molecule has 0 spiro atoms. The fourth-order valence-corrected chi connectivity index (χ4v) is 2.76. The van der Waals surface area contributed by atoms with Crippen LogP contribution in [0.15, 0.2) is 18.2 Å². The quantitative estimate of drug-likeness (QED) is 0.926. The minimum absolute atomic E-state index is 0.00199. The van der Waals surface area contributed by atoms with Crippen LogP contribution in [0.3, 0.4) is 0 Å². The molecule has 1 amide bonds. The molecule has 1 aromatic rings. The van der Waals surface area contributed by atoms with E-state index in [1.54, 1.807) is 11.0 Å². The Morgan fingerprint density at radius 1 is 1.47 bits per heavy atom. The third kappa shape index (κ3) is 3.25. The van der Waals surface area contributed by atoms with E-state index in [0.717, 1.165) is 19.3 Å².